The normalized spacial score (nSPS) is 15.1. The van der Waals surface area contributed by atoms with Gasteiger partial charge in [0.15, 0.2) is 0 Å². The van der Waals surface area contributed by atoms with E-state index in [2.05, 4.69) is 21.2 Å². The Bertz CT molecular complexity index is 838. The minimum absolute atomic E-state index is 0.110. The molecule has 0 saturated carbocycles. The first kappa shape index (κ1) is 19.4. The second-order valence-electron chi connectivity index (χ2n) is 6.68. The molecule has 2 amide bonds. The molecule has 27 heavy (non-hydrogen) atoms. The van der Waals surface area contributed by atoms with Crippen LogP contribution < -0.4 is 5.32 Å². The number of piperidine rings is 1. The predicted molar refractivity (Wildman–Crippen MR) is 111 cm³/mol. The number of carbonyl (C=O) groups excluding carboxylic acids is 2. The van der Waals surface area contributed by atoms with Crippen molar-refractivity contribution >= 4 is 33.3 Å². The van der Waals surface area contributed by atoms with Crippen LogP contribution in [0.1, 0.15) is 42.1 Å². The lowest BCUT2D eigenvalue weighted by Crippen LogP contribution is -2.41. The minimum Gasteiger partial charge on any atom is -0.337 e. The Kier molecular flexibility index (Phi) is 6.45. The summed E-state index contributed by atoms with van der Waals surface area (Å²) in [6, 6.07) is 16.8. The molecule has 0 unspecified atom stereocenters. The molecule has 2 aromatic carbocycles. The van der Waals surface area contributed by atoms with Crippen LogP contribution in [0.15, 0.2) is 64.8 Å². The zero-order chi connectivity index (χ0) is 19.2. The summed E-state index contributed by atoms with van der Waals surface area (Å²) in [7, 11) is 0. The van der Waals surface area contributed by atoms with E-state index in [-0.39, 0.29) is 11.8 Å². The Hall–Kier alpha value is -2.40. The molecule has 1 heterocycles. The number of hydrogen-bond donors (Lipinski definition) is 1. The lowest BCUT2D eigenvalue weighted by Gasteiger charge is -2.28. The molecular formula is C22H23BrN2O2. The van der Waals surface area contributed by atoms with Gasteiger partial charge in [0.25, 0.3) is 11.8 Å². The zero-order valence-corrected chi connectivity index (χ0v) is 17.0. The summed E-state index contributed by atoms with van der Waals surface area (Å²) in [5, 5.41) is 2.88. The first-order valence-corrected chi connectivity index (χ1v) is 9.98. The van der Waals surface area contributed by atoms with E-state index in [9.17, 15) is 9.59 Å². The largest absolute Gasteiger partial charge is 0.337 e. The van der Waals surface area contributed by atoms with Gasteiger partial charge in [-0.3, -0.25) is 9.59 Å². The molecule has 1 aliphatic heterocycles. The summed E-state index contributed by atoms with van der Waals surface area (Å²) in [5.74, 6) is -0.389. The molecule has 0 spiro atoms. The van der Waals surface area contributed by atoms with E-state index < -0.39 is 0 Å². The Morgan fingerprint density at radius 1 is 0.889 bits per heavy atom. The summed E-state index contributed by atoms with van der Waals surface area (Å²) in [6.07, 6.45) is 3.15. The maximum atomic E-state index is 13.2. The third-order valence-electron chi connectivity index (χ3n) is 4.78. The van der Waals surface area contributed by atoms with Gasteiger partial charge in [-0.1, -0.05) is 46.3 Å². The average molecular weight is 427 g/mol. The summed E-state index contributed by atoms with van der Waals surface area (Å²) in [4.78, 5) is 27.8. The van der Waals surface area contributed by atoms with Crippen LogP contribution in [0.3, 0.4) is 0 Å². The summed E-state index contributed by atoms with van der Waals surface area (Å²) >= 11 is 3.37. The smallest absolute Gasteiger partial charge is 0.270 e. The van der Waals surface area contributed by atoms with Crippen LogP contribution in [0.2, 0.25) is 0 Å². The Morgan fingerprint density at radius 3 is 2.15 bits per heavy atom. The van der Waals surface area contributed by atoms with Crippen LogP contribution in [0, 0.1) is 0 Å². The standard InChI is InChI=1S/C22H23BrN2O2/c1-16(17-8-4-2-5-9-17)20(22(27)25-14-6-3-7-15-25)24-21(26)18-10-12-19(23)13-11-18/h2,4-5,8-13H,3,6-7,14-15H2,1H3,(H,24,26)/b20-16+. The van der Waals surface area contributed by atoms with Crippen molar-refractivity contribution in [3.63, 3.8) is 0 Å². The fourth-order valence-corrected chi connectivity index (χ4v) is 3.45. The van der Waals surface area contributed by atoms with Crippen LogP contribution >= 0.6 is 15.9 Å². The maximum absolute atomic E-state index is 13.2. The van der Waals surface area contributed by atoms with Gasteiger partial charge in [0.2, 0.25) is 0 Å². The highest BCUT2D eigenvalue weighted by atomic mass is 79.9. The van der Waals surface area contributed by atoms with Crippen LogP contribution in [0.4, 0.5) is 0 Å². The highest BCUT2D eigenvalue weighted by Crippen LogP contribution is 2.21. The van der Waals surface area contributed by atoms with Gasteiger partial charge in [0.05, 0.1) is 0 Å². The summed E-state index contributed by atoms with van der Waals surface area (Å²) in [6.45, 7) is 3.35. The number of nitrogens with one attached hydrogen (secondary N) is 1. The Balaban J connectivity index is 1.93. The number of nitrogens with zero attached hydrogens (tertiary/aromatic N) is 1. The second kappa shape index (κ2) is 9.00. The molecule has 5 heteroatoms. The summed E-state index contributed by atoms with van der Waals surface area (Å²) < 4.78 is 0.902. The van der Waals surface area contributed by atoms with Crippen LogP contribution in [0.25, 0.3) is 5.57 Å². The van der Waals surface area contributed by atoms with Crippen LogP contribution in [0.5, 0.6) is 0 Å². The lowest BCUT2D eigenvalue weighted by molar-refractivity contribution is -0.128. The molecule has 1 aliphatic rings. The topological polar surface area (TPSA) is 49.4 Å². The number of halogens is 1. The maximum Gasteiger partial charge on any atom is 0.270 e. The van der Waals surface area contributed by atoms with Crippen LogP contribution in [-0.4, -0.2) is 29.8 Å². The fourth-order valence-electron chi connectivity index (χ4n) is 3.18. The molecule has 0 radical (unpaired) electrons. The van der Waals surface area contributed by atoms with Crippen molar-refractivity contribution in [1.82, 2.24) is 10.2 Å². The van der Waals surface area contributed by atoms with E-state index in [0.29, 0.717) is 11.3 Å². The van der Waals surface area contributed by atoms with Crippen molar-refractivity contribution in [3.05, 3.63) is 75.9 Å². The second-order valence-corrected chi connectivity index (χ2v) is 7.60. The van der Waals surface area contributed by atoms with Crippen molar-refractivity contribution in [1.29, 1.82) is 0 Å². The van der Waals surface area contributed by atoms with Gasteiger partial charge in [-0.05, 0) is 61.6 Å². The Morgan fingerprint density at radius 2 is 1.52 bits per heavy atom. The molecule has 2 aromatic rings. The van der Waals surface area contributed by atoms with Crippen LogP contribution in [-0.2, 0) is 4.79 Å². The van der Waals surface area contributed by atoms with E-state index in [1.165, 1.54) is 0 Å². The van der Waals surface area contributed by atoms with E-state index in [1.54, 1.807) is 12.1 Å². The zero-order valence-electron chi connectivity index (χ0n) is 15.4. The van der Waals surface area contributed by atoms with E-state index in [0.717, 1.165) is 48.0 Å². The molecule has 140 valence electrons. The lowest BCUT2D eigenvalue weighted by atomic mass is 10.0. The van der Waals surface area contributed by atoms with Gasteiger partial charge >= 0.3 is 0 Å². The van der Waals surface area contributed by atoms with Gasteiger partial charge < -0.3 is 10.2 Å². The quantitative estimate of drug-likeness (QED) is 0.724. The number of likely N-dealkylation sites (tertiary alicyclic amines) is 1. The first-order chi connectivity index (χ1) is 13.1. The SMILES string of the molecule is C/C(=C(\NC(=O)c1ccc(Br)cc1)C(=O)N1CCCCC1)c1ccccc1. The monoisotopic (exact) mass is 426 g/mol. The Labute approximate surface area is 168 Å². The fraction of sp³-hybridized carbons (Fsp3) is 0.273. The molecule has 1 fully saturated rings. The molecule has 4 nitrogen and oxygen atoms in total. The van der Waals surface area contributed by atoms with Crippen molar-refractivity contribution < 1.29 is 9.59 Å². The molecular weight excluding hydrogens is 404 g/mol. The van der Waals surface area contributed by atoms with E-state index in [1.807, 2.05) is 54.3 Å². The average Bonchev–Trinajstić information content (AvgIpc) is 2.72. The highest BCUT2D eigenvalue weighted by molar-refractivity contribution is 9.10. The minimum atomic E-state index is -0.279. The molecule has 0 bridgehead atoms. The highest BCUT2D eigenvalue weighted by Gasteiger charge is 2.24. The number of rotatable bonds is 4. The molecule has 3 rings (SSSR count). The van der Waals surface area contributed by atoms with Gasteiger partial charge in [0.1, 0.15) is 5.70 Å². The van der Waals surface area contributed by atoms with Crippen molar-refractivity contribution in [2.75, 3.05) is 13.1 Å². The van der Waals surface area contributed by atoms with E-state index in [4.69, 9.17) is 0 Å². The first-order valence-electron chi connectivity index (χ1n) is 9.19. The van der Waals surface area contributed by atoms with Gasteiger partial charge in [-0.25, -0.2) is 0 Å². The van der Waals surface area contributed by atoms with Gasteiger partial charge in [-0.15, -0.1) is 0 Å². The third-order valence-corrected chi connectivity index (χ3v) is 5.31. The predicted octanol–water partition coefficient (Wildman–Crippen LogP) is 4.62. The number of benzene rings is 2. The molecule has 0 aromatic heterocycles. The number of amides is 2. The number of carbonyl (C=O) groups is 2. The third kappa shape index (κ3) is 4.86. The number of hydrogen-bond acceptors (Lipinski definition) is 2. The van der Waals surface area contributed by atoms with Crippen molar-refractivity contribution in [2.45, 2.75) is 26.2 Å². The molecule has 1 saturated heterocycles. The van der Waals surface area contributed by atoms with Gasteiger partial charge in [-0.2, -0.15) is 0 Å². The van der Waals surface area contributed by atoms with Crippen molar-refractivity contribution in [3.8, 4) is 0 Å². The molecule has 0 atom stereocenters. The van der Waals surface area contributed by atoms with E-state index >= 15 is 0 Å². The van der Waals surface area contributed by atoms with Gasteiger partial charge in [0, 0.05) is 23.1 Å². The summed E-state index contributed by atoms with van der Waals surface area (Å²) in [5.41, 5.74) is 2.57. The molecule has 0 aliphatic carbocycles. The number of allylic oxidation sites excluding steroid dienone is 1. The molecule has 1 N–H and O–H groups in total. The van der Waals surface area contributed by atoms with Crippen molar-refractivity contribution in [2.24, 2.45) is 0 Å².